The molecule has 32 heavy (non-hydrogen) atoms. The van der Waals surface area contributed by atoms with Crippen LogP contribution in [0.2, 0.25) is 6.04 Å². The van der Waals surface area contributed by atoms with E-state index in [4.69, 9.17) is 8.23 Å². The molecule has 0 radical (unpaired) electrons. The monoisotopic (exact) mass is 484 g/mol. The minimum atomic E-state index is -1.04. The van der Waals surface area contributed by atoms with Crippen LogP contribution in [0.5, 0.6) is 0 Å². The zero-order chi connectivity index (χ0) is 22.8. The first-order valence-electron chi connectivity index (χ1n) is 15.2. The van der Waals surface area contributed by atoms with Gasteiger partial charge in [0, 0.05) is 0 Å². The Morgan fingerprint density at radius 3 is 0.844 bits per heavy atom. The SMILES string of the molecule is CCCCCCCCCCCCCCCCCCCCCCCCCCCC[SiH]1O[SiH2]O1. The summed E-state index contributed by atoms with van der Waals surface area (Å²) >= 11 is 0. The number of rotatable bonds is 27. The third-order valence-electron chi connectivity index (χ3n) is 7.30. The van der Waals surface area contributed by atoms with Gasteiger partial charge in [-0.15, -0.1) is 0 Å². The van der Waals surface area contributed by atoms with Crippen molar-refractivity contribution in [1.82, 2.24) is 0 Å². The third-order valence-corrected chi connectivity index (χ3v) is 12.2. The van der Waals surface area contributed by atoms with Crippen molar-refractivity contribution in [3.8, 4) is 0 Å². The third kappa shape index (κ3) is 22.2. The molecule has 0 amide bonds. The van der Waals surface area contributed by atoms with Crippen molar-refractivity contribution in [3.63, 3.8) is 0 Å². The molecule has 192 valence electrons. The summed E-state index contributed by atoms with van der Waals surface area (Å²) in [6, 6.07) is 1.27. The highest BCUT2D eigenvalue weighted by atomic mass is 28.4. The maximum Gasteiger partial charge on any atom is 0.303 e. The predicted molar refractivity (Wildman–Crippen MR) is 148 cm³/mol. The van der Waals surface area contributed by atoms with E-state index in [1.165, 1.54) is 173 Å². The van der Waals surface area contributed by atoms with Crippen molar-refractivity contribution in [3.05, 3.63) is 0 Å². The molecule has 2 nitrogen and oxygen atoms in total. The first kappa shape index (κ1) is 30.4. The second-order valence-electron chi connectivity index (χ2n) is 10.5. The largest absolute Gasteiger partial charge is 0.422 e. The molecule has 1 heterocycles. The summed E-state index contributed by atoms with van der Waals surface area (Å²) in [5, 5.41) is 0. The summed E-state index contributed by atoms with van der Waals surface area (Å²) in [6.07, 6.45) is 38.1. The molecular weight excluding hydrogens is 424 g/mol. The average Bonchev–Trinajstić information content (AvgIpc) is 2.77. The zero-order valence-electron chi connectivity index (χ0n) is 22.2. The number of hydrogen-bond donors (Lipinski definition) is 0. The van der Waals surface area contributed by atoms with E-state index in [2.05, 4.69) is 6.92 Å². The van der Waals surface area contributed by atoms with Crippen molar-refractivity contribution in [2.24, 2.45) is 0 Å². The van der Waals surface area contributed by atoms with Gasteiger partial charge >= 0.3 is 9.28 Å². The van der Waals surface area contributed by atoms with Crippen LogP contribution in [0.4, 0.5) is 0 Å². The lowest BCUT2D eigenvalue weighted by Gasteiger charge is -2.25. The van der Waals surface area contributed by atoms with Crippen molar-refractivity contribution in [2.45, 2.75) is 180 Å². The van der Waals surface area contributed by atoms with Crippen LogP contribution in [0.1, 0.15) is 174 Å². The molecule has 0 spiro atoms. The quantitative estimate of drug-likeness (QED) is 0.0853. The molecule has 0 N–H and O–H groups in total. The highest BCUT2D eigenvalue weighted by Crippen LogP contribution is 2.17. The molecule has 1 rings (SSSR count). The normalized spacial score (nSPS) is 16.6. The van der Waals surface area contributed by atoms with Crippen LogP contribution in [-0.2, 0) is 8.23 Å². The maximum absolute atomic E-state index is 5.54. The lowest BCUT2D eigenvalue weighted by Crippen LogP contribution is -2.38. The molecule has 1 aliphatic heterocycles. The summed E-state index contributed by atoms with van der Waals surface area (Å²) in [5.74, 6) is 0. The molecule has 1 fully saturated rings. The molecule has 0 aliphatic carbocycles. The van der Waals surface area contributed by atoms with Crippen LogP contribution in [0.15, 0.2) is 0 Å². The Labute approximate surface area is 207 Å². The minimum Gasteiger partial charge on any atom is -0.422 e. The van der Waals surface area contributed by atoms with E-state index in [0.717, 1.165) is 0 Å². The van der Waals surface area contributed by atoms with Gasteiger partial charge in [-0.25, -0.2) is 0 Å². The molecule has 0 aromatic rings. The highest BCUT2D eigenvalue weighted by Gasteiger charge is 2.20. The van der Waals surface area contributed by atoms with Crippen molar-refractivity contribution < 1.29 is 8.23 Å². The van der Waals surface area contributed by atoms with Crippen molar-refractivity contribution in [1.29, 1.82) is 0 Å². The second-order valence-corrected chi connectivity index (χ2v) is 14.8. The Morgan fingerprint density at radius 1 is 0.375 bits per heavy atom. The lowest BCUT2D eigenvalue weighted by atomic mass is 10.0. The van der Waals surface area contributed by atoms with E-state index in [0.29, 0.717) is 0 Å². The van der Waals surface area contributed by atoms with Crippen LogP contribution in [0, 0.1) is 0 Å². The zero-order valence-corrected chi connectivity index (χ0v) is 24.8. The van der Waals surface area contributed by atoms with Crippen LogP contribution < -0.4 is 0 Å². The smallest absolute Gasteiger partial charge is 0.303 e. The summed E-state index contributed by atoms with van der Waals surface area (Å²) in [6.45, 7) is 2.30. The van der Waals surface area contributed by atoms with Gasteiger partial charge in [-0.2, -0.15) is 0 Å². The van der Waals surface area contributed by atoms with E-state index < -0.39 is 19.3 Å². The molecule has 0 unspecified atom stereocenters. The average molecular weight is 485 g/mol. The number of unbranched alkanes of at least 4 members (excludes halogenated alkanes) is 25. The van der Waals surface area contributed by atoms with E-state index in [1.54, 1.807) is 0 Å². The molecular formula is C28H60O2Si2. The highest BCUT2D eigenvalue weighted by molar-refractivity contribution is 6.64. The lowest BCUT2D eigenvalue weighted by molar-refractivity contribution is 0.309. The van der Waals surface area contributed by atoms with Gasteiger partial charge in [0.1, 0.15) is 0 Å². The van der Waals surface area contributed by atoms with Crippen molar-refractivity contribution >= 4 is 19.3 Å². The Kier molecular flexibility index (Phi) is 24.7. The Balaban J connectivity index is 1.59. The van der Waals surface area contributed by atoms with Gasteiger partial charge < -0.3 is 8.23 Å². The van der Waals surface area contributed by atoms with Gasteiger partial charge in [0.05, 0.1) is 0 Å². The first-order chi connectivity index (χ1) is 15.9. The van der Waals surface area contributed by atoms with E-state index in [-0.39, 0.29) is 0 Å². The standard InChI is InChI=1S/C28H60O2Si2/c1-2-3-4-5-6-7-8-9-10-11-12-13-14-15-16-17-18-19-20-21-22-23-24-25-26-27-28-32-29-31-30-32/h32H,2-28,31H2,1H3. The van der Waals surface area contributed by atoms with E-state index >= 15 is 0 Å². The Hall–Kier alpha value is 0.354. The first-order valence-corrected chi connectivity index (χ1v) is 18.1. The van der Waals surface area contributed by atoms with E-state index in [1.807, 2.05) is 0 Å². The fraction of sp³-hybridized carbons (Fsp3) is 1.00. The van der Waals surface area contributed by atoms with Gasteiger partial charge in [-0.1, -0.05) is 174 Å². The molecule has 0 saturated carbocycles. The molecule has 0 aromatic carbocycles. The molecule has 0 aromatic heterocycles. The van der Waals surface area contributed by atoms with Gasteiger partial charge in [-0.3, -0.25) is 0 Å². The van der Waals surface area contributed by atoms with Gasteiger partial charge in [0.2, 0.25) is 0 Å². The van der Waals surface area contributed by atoms with Crippen molar-refractivity contribution in [2.75, 3.05) is 0 Å². The molecule has 1 saturated heterocycles. The Bertz CT molecular complexity index is 350. The second kappa shape index (κ2) is 26.0. The summed E-state index contributed by atoms with van der Waals surface area (Å²) in [7, 11) is -1.50. The Morgan fingerprint density at radius 2 is 0.625 bits per heavy atom. The van der Waals surface area contributed by atoms with Crippen LogP contribution in [0.25, 0.3) is 0 Å². The van der Waals surface area contributed by atoms with Gasteiger partial charge in [0.15, 0.2) is 0 Å². The maximum atomic E-state index is 5.54. The summed E-state index contributed by atoms with van der Waals surface area (Å²) in [5.41, 5.74) is 0. The van der Waals surface area contributed by atoms with Crippen LogP contribution >= 0.6 is 0 Å². The fourth-order valence-electron chi connectivity index (χ4n) is 4.96. The van der Waals surface area contributed by atoms with E-state index in [9.17, 15) is 0 Å². The minimum absolute atomic E-state index is 0.455. The number of hydrogen-bond acceptors (Lipinski definition) is 2. The van der Waals surface area contributed by atoms with Crippen LogP contribution in [0.3, 0.4) is 0 Å². The van der Waals surface area contributed by atoms with Gasteiger partial charge in [-0.05, 0) is 6.04 Å². The summed E-state index contributed by atoms with van der Waals surface area (Å²) in [4.78, 5) is 0. The fourth-order valence-corrected chi connectivity index (χ4v) is 8.23. The van der Waals surface area contributed by atoms with Gasteiger partial charge in [0.25, 0.3) is 10.0 Å². The molecule has 0 bridgehead atoms. The topological polar surface area (TPSA) is 18.5 Å². The summed E-state index contributed by atoms with van der Waals surface area (Å²) < 4.78 is 11.1. The molecule has 1 aliphatic rings. The predicted octanol–water partition coefficient (Wildman–Crippen LogP) is 9.41. The molecule has 0 atom stereocenters. The molecule has 4 heteroatoms. The van der Waals surface area contributed by atoms with Crippen LogP contribution in [-0.4, -0.2) is 19.3 Å².